The lowest BCUT2D eigenvalue weighted by Crippen LogP contribution is -2.05. The second-order valence-corrected chi connectivity index (χ2v) is 5.02. The van der Waals surface area contributed by atoms with Gasteiger partial charge in [0.15, 0.2) is 0 Å². The van der Waals surface area contributed by atoms with Crippen molar-refractivity contribution >= 4 is 29.2 Å². The van der Waals surface area contributed by atoms with Crippen molar-refractivity contribution < 1.29 is 18.3 Å². The van der Waals surface area contributed by atoms with E-state index in [1.165, 1.54) is 12.3 Å². The monoisotopic (exact) mass is 320 g/mol. The zero-order valence-corrected chi connectivity index (χ0v) is 11.4. The van der Waals surface area contributed by atoms with Crippen LogP contribution in [0, 0.1) is 0 Å². The van der Waals surface area contributed by atoms with Gasteiger partial charge in [0.05, 0.1) is 5.56 Å². The molecular weight excluding hydrogens is 313 g/mol. The van der Waals surface area contributed by atoms with Crippen LogP contribution in [0.3, 0.4) is 0 Å². The first-order valence-corrected chi connectivity index (χ1v) is 6.50. The second-order valence-electron chi connectivity index (χ2n) is 3.75. The molecule has 0 amide bonds. The zero-order chi connectivity index (χ0) is 14.8. The van der Waals surface area contributed by atoms with Crippen LogP contribution in [-0.4, -0.2) is 10.1 Å². The van der Waals surface area contributed by atoms with Crippen LogP contribution in [-0.2, 0) is 6.18 Å². The summed E-state index contributed by atoms with van der Waals surface area (Å²) in [5, 5.41) is 9.71. The summed E-state index contributed by atoms with van der Waals surface area (Å²) in [6, 6.07) is 6.36. The Morgan fingerprint density at radius 2 is 1.95 bits per heavy atom. The SMILES string of the molecule is Oc1cc(NSc2ccc(Cl)nc2)ccc1C(F)(F)F. The van der Waals surface area contributed by atoms with Gasteiger partial charge in [0.2, 0.25) is 0 Å². The van der Waals surface area contributed by atoms with Crippen LogP contribution in [0.5, 0.6) is 5.75 Å². The average molecular weight is 321 g/mol. The summed E-state index contributed by atoms with van der Waals surface area (Å²) in [6.07, 6.45) is -3.06. The van der Waals surface area contributed by atoms with Crippen LogP contribution in [0.1, 0.15) is 5.56 Å². The summed E-state index contributed by atoms with van der Waals surface area (Å²) in [4.78, 5) is 4.59. The maximum Gasteiger partial charge on any atom is 0.419 e. The summed E-state index contributed by atoms with van der Waals surface area (Å²) in [6.45, 7) is 0. The van der Waals surface area contributed by atoms with Gasteiger partial charge in [-0.1, -0.05) is 11.6 Å². The molecule has 0 spiro atoms. The number of aromatic hydroxyl groups is 1. The molecule has 8 heteroatoms. The smallest absolute Gasteiger partial charge is 0.419 e. The average Bonchev–Trinajstić information content (AvgIpc) is 2.36. The van der Waals surface area contributed by atoms with Crippen LogP contribution in [0.15, 0.2) is 41.4 Å². The van der Waals surface area contributed by atoms with Gasteiger partial charge in [-0.15, -0.1) is 0 Å². The molecular formula is C12H8ClF3N2OS. The number of anilines is 1. The Labute approximate surface area is 121 Å². The highest BCUT2D eigenvalue weighted by Gasteiger charge is 2.33. The van der Waals surface area contributed by atoms with E-state index in [0.717, 1.165) is 29.0 Å². The predicted molar refractivity (Wildman–Crippen MR) is 71.8 cm³/mol. The van der Waals surface area contributed by atoms with E-state index in [1.54, 1.807) is 12.1 Å². The molecule has 0 fully saturated rings. The largest absolute Gasteiger partial charge is 0.507 e. The van der Waals surface area contributed by atoms with E-state index in [-0.39, 0.29) is 0 Å². The topological polar surface area (TPSA) is 45.1 Å². The highest BCUT2D eigenvalue weighted by molar-refractivity contribution is 8.00. The molecule has 0 saturated heterocycles. The Balaban J connectivity index is 2.07. The molecule has 0 saturated carbocycles. The van der Waals surface area contributed by atoms with Crippen molar-refractivity contribution in [2.24, 2.45) is 0 Å². The minimum absolute atomic E-state index is 0.343. The number of phenolic OH excluding ortho intramolecular Hbond substituents is 1. The van der Waals surface area contributed by atoms with Crippen LogP contribution in [0.4, 0.5) is 18.9 Å². The lowest BCUT2D eigenvalue weighted by atomic mass is 10.2. The maximum atomic E-state index is 12.5. The van der Waals surface area contributed by atoms with Crippen LogP contribution in [0.2, 0.25) is 5.15 Å². The minimum Gasteiger partial charge on any atom is -0.507 e. The zero-order valence-electron chi connectivity index (χ0n) is 9.78. The van der Waals surface area contributed by atoms with Gasteiger partial charge in [0.1, 0.15) is 10.9 Å². The molecule has 0 radical (unpaired) electrons. The molecule has 0 unspecified atom stereocenters. The third-order valence-corrected chi connectivity index (χ3v) is 3.33. The quantitative estimate of drug-likeness (QED) is 0.642. The third kappa shape index (κ3) is 3.71. The summed E-state index contributed by atoms with van der Waals surface area (Å²) >= 11 is 6.77. The highest BCUT2D eigenvalue weighted by atomic mass is 35.5. The van der Waals surface area contributed by atoms with Gasteiger partial charge in [-0.25, -0.2) is 4.98 Å². The molecule has 0 aliphatic heterocycles. The molecule has 2 rings (SSSR count). The fraction of sp³-hybridized carbons (Fsp3) is 0.0833. The molecule has 3 nitrogen and oxygen atoms in total. The van der Waals surface area contributed by atoms with E-state index in [1.807, 2.05) is 0 Å². The van der Waals surface area contributed by atoms with Crippen molar-refractivity contribution in [2.45, 2.75) is 11.1 Å². The lowest BCUT2D eigenvalue weighted by Gasteiger charge is -2.11. The van der Waals surface area contributed by atoms with E-state index in [4.69, 9.17) is 11.6 Å². The van der Waals surface area contributed by atoms with Crippen molar-refractivity contribution in [2.75, 3.05) is 4.72 Å². The van der Waals surface area contributed by atoms with E-state index >= 15 is 0 Å². The first-order valence-electron chi connectivity index (χ1n) is 5.31. The van der Waals surface area contributed by atoms with E-state index in [9.17, 15) is 18.3 Å². The van der Waals surface area contributed by atoms with Crippen molar-refractivity contribution in [3.63, 3.8) is 0 Å². The number of pyridine rings is 1. The Bertz CT molecular complexity index is 605. The number of benzene rings is 1. The number of phenols is 1. The number of alkyl halides is 3. The molecule has 2 aromatic rings. The van der Waals surface area contributed by atoms with Gasteiger partial charge in [-0.2, -0.15) is 13.2 Å². The van der Waals surface area contributed by atoms with Gasteiger partial charge < -0.3 is 9.83 Å². The van der Waals surface area contributed by atoms with Gasteiger partial charge in [-0.05, 0) is 36.2 Å². The molecule has 1 heterocycles. The van der Waals surface area contributed by atoms with Crippen LogP contribution in [0.25, 0.3) is 0 Å². The first-order chi connectivity index (χ1) is 9.36. The van der Waals surface area contributed by atoms with Crippen molar-refractivity contribution in [3.8, 4) is 5.75 Å². The van der Waals surface area contributed by atoms with Crippen LogP contribution < -0.4 is 4.72 Å². The maximum absolute atomic E-state index is 12.5. The first kappa shape index (κ1) is 14.8. The van der Waals surface area contributed by atoms with Gasteiger partial charge in [0.25, 0.3) is 0 Å². The number of nitrogens with zero attached hydrogens (tertiary/aromatic N) is 1. The standard InChI is InChI=1S/C12H8ClF3N2OS/c13-11-4-2-8(6-17-11)20-18-7-1-3-9(10(19)5-7)12(14,15)16/h1-6,18-19H. The minimum atomic E-state index is -4.57. The number of nitrogens with one attached hydrogen (secondary N) is 1. The van der Waals surface area contributed by atoms with Gasteiger partial charge in [-0.3, -0.25) is 0 Å². The van der Waals surface area contributed by atoms with Crippen molar-refractivity contribution in [3.05, 3.63) is 47.2 Å². The summed E-state index contributed by atoms with van der Waals surface area (Å²) < 4.78 is 40.2. The normalized spacial score (nSPS) is 11.4. The van der Waals surface area contributed by atoms with Gasteiger partial charge in [0, 0.05) is 22.8 Å². The predicted octanol–water partition coefficient (Wildman–Crippen LogP) is 4.58. The highest BCUT2D eigenvalue weighted by Crippen LogP contribution is 2.37. The molecule has 2 N–H and O–H groups in total. The summed E-state index contributed by atoms with van der Waals surface area (Å²) in [5.74, 6) is -0.822. The fourth-order valence-corrected chi connectivity index (χ4v) is 2.09. The number of hydrogen-bond acceptors (Lipinski definition) is 4. The molecule has 0 aliphatic carbocycles. The van der Waals surface area contributed by atoms with Gasteiger partial charge >= 0.3 is 6.18 Å². The molecule has 0 aliphatic rings. The number of hydrogen-bond donors (Lipinski definition) is 2. The molecule has 1 aromatic carbocycles. The molecule has 106 valence electrons. The van der Waals surface area contributed by atoms with E-state index in [0.29, 0.717) is 10.8 Å². The number of halogens is 4. The summed E-state index contributed by atoms with van der Waals surface area (Å²) in [5.41, 5.74) is -0.725. The lowest BCUT2D eigenvalue weighted by molar-refractivity contribution is -0.138. The van der Waals surface area contributed by atoms with Crippen LogP contribution >= 0.6 is 23.5 Å². The molecule has 20 heavy (non-hydrogen) atoms. The number of aromatic nitrogens is 1. The Morgan fingerprint density at radius 3 is 2.50 bits per heavy atom. The van der Waals surface area contributed by atoms with Crippen molar-refractivity contribution in [1.29, 1.82) is 0 Å². The third-order valence-electron chi connectivity index (χ3n) is 2.29. The van der Waals surface area contributed by atoms with E-state index in [2.05, 4.69) is 9.71 Å². The number of rotatable bonds is 3. The Morgan fingerprint density at radius 1 is 1.20 bits per heavy atom. The molecule has 0 atom stereocenters. The fourth-order valence-electron chi connectivity index (χ4n) is 1.38. The molecule has 0 bridgehead atoms. The van der Waals surface area contributed by atoms with E-state index < -0.39 is 17.5 Å². The van der Waals surface area contributed by atoms with Crippen molar-refractivity contribution in [1.82, 2.24) is 4.98 Å². The second kappa shape index (κ2) is 5.80. The Kier molecular flexibility index (Phi) is 4.29. The Hall–Kier alpha value is -1.60. The summed E-state index contributed by atoms with van der Waals surface area (Å²) in [7, 11) is 0. The molecule has 1 aromatic heterocycles.